The van der Waals surface area contributed by atoms with Crippen LogP contribution in [0.5, 0.6) is 0 Å². The molecule has 0 radical (unpaired) electrons. The average Bonchev–Trinajstić information content (AvgIpc) is 0. The van der Waals surface area contributed by atoms with E-state index in [-0.39, 0.29) is 40.2 Å². The van der Waals surface area contributed by atoms with Crippen LogP contribution in [0.15, 0.2) is 0 Å². The van der Waals surface area contributed by atoms with Crippen molar-refractivity contribution in [2.75, 3.05) is 0 Å². The van der Waals surface area contributed by atoms with Crippen molar-refractivity contribution in [3.63, 3.8) is 0 Å². The highest BCUT2D eigenvalue weighted by atomic mass is 79.9. The molecular formula is H11BrN2O2. The maximum atomic E-state index is 0. The highest BCUT2D eigenvalue weighted by molar-refractivity contribution is 8.93. The molecule has 0 unspecified atom stereocenters. The van der Waals surface area contributed by atoms with E-state index in [0.29, 0.717) is 0 Å². The lowest BCUT2D eigenvalue weighted by molar-refractivity contribution is 0.823. The van der Waals surface area contributed by atoms with Crippen LogP contribution in [0.1, 0.15) is 0 Å². The summed E-state index contributed by atoms with van der Waals surface area (Å²) < 4.78 is 0. The first kappa shape index (κ1) is 970. The van der Waals surface area contributed by atoms with Gasteiger partial charge in [0.2, 0.25) is 0 Å². The smallest absolute Gasteiger partial charge is 0.114 e. The van der Waals surface area contributed by atoms with Gasteiger partial charge in [0.1, 0.15) is 0 Å². The third-order valence-electron chi connectivity index (χ3n) is 0. The van der Waals surface area contributed by atoms with E-state index < -0.39 is 0 Å². The predicted octanol–water partition coefficient (Wildman–Crippen LogP) is -0.748. The molecule has 0 aliphatic heterocycles. The van der Waals surface area contributed by atoms with Crippen molar-refractivity contribution < 1.29 is 11.0 Å². The zero-order chi connectivity index (χ0) is 0. The van der Waals surface area contributed by atoms with Crippen LogP contribution in [0.4, 0.5) is 0 Å². The molecule has 0 aromatic rings. The van der Waals surface area contributed by atoms with E-state index in [9.17, 15) is 0 Å². The minimum atomic E-state index is 0. The summed E-state index contributed by atoms with van der Waals surface area (Å²) in [6, 6.07) is 0. The predicted molar refractivity (Wildman–Crippen MR) is 27.6 cm³/mol. The molecule has 0 aliphatic rings. The summed E-state index contributed by atoms with van der Waals surface area (Å²) in [5.74, 6) is 0. The molecule has 0 saturated heterocycles. The molecule has 0 spiro atoms. The molecule has 10 N–H and O–H groups in total. The van der Waals surface area contributed by atoms with Gasteiger partial charge < -0.3 is 23.3 Å². The maximum absolute atomic E-state index is 0. The Labute approximate surface area is 41.1 Å². The molecule has 40 valence electrons. The molecule has 0 rings (SSSR count). The first-order valence-corrected chi connectivity index (χ1v) is 0. The number of hydrogen-bond donors (Lipinski definition) is 2. The van der Waals surface area contributed by atoms with E-state index >= 15 is 0 Å². The van der Waals surface area contributed by atoms with Crippen molar-refractivity contribution in [3.8, 4) is 0 Å². The van der Waals surface area contributed by atoms with Crippen molar-refractivity contribution in [2.45, 2.75) is 0 Å². The van der Waals surface area contributed by atoms with Crippen LogP contribution >= 0.6 is 17.0 Å². The fourth-order valence-electron chi connectivity index (χ4n) is 0. The summed E-state index contributed by atoms with van der Waals surface area (Å²) in [5.41, 5.74) is 0. The van der Waals surface area contributed by atoms with Gasteiger partial charge in [0.25, 0.3) is 0 Å². The first-order chi connectivity index (χ1) is 0. The van der Waals surface area contributed by atoms with Crippen LogP contribution in [-0.4, -0.2) is 11.0 Å². The third-order valence-corrected chi connectivity index (χ3v) is 0. The summed E-state index contributed by atoms with van der Waals surface area (Å²) >= 11 is 0. The maximum Gasteiger partial charge on any atom is -0.114 e. The van der Waals surface area contributed by atoms with Gasteiger partial charge in [0, 0.05) is 0 Å². The van der Waals surface area contributed by atoms with Crippen molar-refractivity contribution in [1.29, 1.82) is 0 Å². The molecule has 0 aromatic carbocycles. The molecule has 0 saturated carbocycles. The van der Waals surface area contributed by atoms with E-state index in [0.717, 1.165) is 0 Å². The second-order valence-electron chi connectivity index (χ2n) is 0. The molecule has 0 atom stereocenters. The SMILES string of the molecule is Br.N.N.O.O. The Morgan fingerprint density at radius 3 is 0.600 bits per heavy atom. The van der Waals surface area contributed by atoms with Crippen LogP contribution in [0.3, 0.4) is 0 Å². The molecule has 0 aliphatic carbocycles. The Kier molecular flexibility index (Phi) is 90200. The van der Waals surface area contributed by atoms with Gasteiger partial charge in [-0.15, -0.1) is 17.0 Å². The standard InChI is InChI=1S/BrH.2H3N.2H2O/h1H;2*1H3;2*1H2. The lowest BCUT2D eigenvalue weighted by atomic mass is 14.0. The van der Waals surface area contributed by atoms with Gasteiger partial charge in [0.05, 0.1) is 0 Å². The minimum absolute atomic E-state index is 0. The monoisotopic (exact) mass is 150 g/mol. The Morgan fingerprint density at radius 1 is 0.600 bits per heavy atom. The van der Waals surface area contributed by atoms with Gasteiger partial charge in [-0.25, -0.2) is 0 Å². The van der Waals surface area contributed by atoms with Crippen LogP contribution in [0, 0.1) is 0 Å². The number of halogens is 1. The summed E-state index contributed by atoms with van der Waals surface area (Å²) in [4.78, 5) is 0. The van der Waals surface area contributed by atoms with Crippen LogP contribution in [0.25, 0.3) is 0 Å². The molecule has 0 heterocycles. The third kappa shape index (κ3) is 227. The van der Waals surface area contributed by atoms with Gasteiger partial charge >= 0.3 is 0 Å². The quantitative estimate of drug-likeness (QED) is 0.471. The topological polar surface area (TPSA) is 133 Å². The second kappa shape index (κ2) is 465. The Morgan fingerprint density at radius 2 is 0.600 bits per heavy atom. The molecule has 5 heavy (non-hydrogen) atoms. The van der Waals surface area contributed by atoms with Gasteiger partial charge in [-0.05, 0) is 0 Å². The number of rotatable bonds is 0. The molecule has 0 fully saturated rings. The van der Waals surface area contributed by atoms with Crippen LogP contribution in [-0.2, 0) is 0 Å². The van der Waals surface area contributed by atoms with E-state index in [2.05, 4.69) is 0 Å². The molecule has 5 heteroatoms. The van der Waals surface area contributed by atoms with E-state index in [1.165, 1.54) is 0 Å². The second-order valence-corrected chi connectivity index (χ2v) is 0. The summed E-state index contributed by atoms with van der Waals surface area (Å²) in [5, 5.41) is 0. The fourth-order valence-corrected chi connectivity index (χ4v) is 0. The highest BCUT2D eigenvalue weighted by Crippen LogP contribution is 0.846. The lowest BCUT2D eigenvalue weighted by Gasteiger charge is -0.413. The molecule has 0 aromatic heterocycles. The molecule has 0 amide bonds. The summed E-state index contributed by atoms with van der Waals surface area (Å²) in [6.07, 6.45) is 0. The minimum Gasteiger partial charge on any atom is -0.412 e. The van der Waals surface area contributed by atoms with Crippen LogP contribution < -0.4 is 12.3 Å². The Balaban J connectivity index is 0. The fraction of sp³-hybridized carbons (Fsp3) is 0. The lowest BCUT2D eigenvalue weighted by Crippen LogP contribution is -0.482. The van der Waals surface area contributed by atoms with E-state index in [1.807, 2.05) is 0 Å². The highest BCUT2D eigenvalue weighted by Gasteiger charge is -0.114. The Hall–Kier alpha value is 0.320. The van der Waals surface area contributed by atoms with Crippen molar-refractivity contribution in [1.82, 2.24) is 12.3 Å². The first-order valence-electron chi connectivity index (χ1n) is 0. The van der Waals surface area contributed by atoms with E-state index in [4.69, 9.17) is 0 Å². The molecule has 0 bridgehead atoms. The van der Waals surface area contributed by atoms with Gasteiger partial charge in [-0.2, -0.15) is 0 Å². The van der Waals surface area contributed by atoms with E-state index in [1.54, 1.807) is 0 Å². The van der Waals surface area contributed by atoms with Crippen molar-refractivity contribution in [2.24, 2.45) is 0 Å². The van der Waals surface area contributed by atoms with Gasteiger partial charge in [-0.3, -0.25) is 0 Å². The van der Waals surface area contributed by atoms with Crippen LogP contribution in [0.2, 0.25) is 0 Å². The zero-order valence-corrected chi connectivity index (χ0v) is 4.54. The number of hydrogen-bond acceptors (Lipinski definition) is 2. The van der Waals surface area contributed by atoms with Gasteiger partial charge in [0.15, 0.2) is 0 Å². The summed E-state index contributed by atoms with van der Waals surface area (Å²) in [7, 11) is 0. The van der Waals surface area contributed by atoms with Gasteiger partial charge in [-0.1, -0.05) is 0 Å². The Bertz CT molecular complexity index is 7.61. The molecular weight excluding hydrogens is 140 g/mol. The average molecular weight is 151 g/mol. The van der Waals surface area contributed by atoms with Crippen molar-refractivity contribution >= 4 is 17.0 Å². The van der Waals surface area contributed by atoms with Crippen molar-refractivity contribution in [3.05, 3.63) is 0 Å². The normalized spacial score (nSPS) is 0. The zero-order valence-electron chi connectivity index (χ0n) is 2.82. The summed E-state index contributed by atoms with van der Waals surface area (Å²) in [6.45, 7) is 0. The largest absolute Gasteiger partial charge is 0.412 e. The molecule has 4 nitrogen and oxygen atoms in total.